The quantitative estimate of drug-likeness (QED) is 0.760. The van der Waals surface area contributed by atoms with Crippen molar-refractivity contribution in [2.45, 2.75) is 43.7 Å². The van der Waals surface area contributed by atoms with Gasteiger partial charge in [-0.25, -0.2) is 0 Å². The van der Waals surface area contributed by atoms with Gasteiger partial charge in [-0.1, -0.05) is 42.5 Å². The number of hydrogen-bond donors (Lipinski definition) is 1. The molecule has 2 aromatic carbocycles. The molecule has 5 nitrogen and oxygen atoms in total. The van der Waals surface area contributed by atoms with E-state index in [0.29, 0.717) is 25.3 Å². The highest BCUT2D eigenvalue weighted by Crippen LogP contribution is 2.47. The van der Waals surface area contributed by atoms with E-state index in [9.17, 15) is 9.59 Å². The summed E-state index contributed by atoms with van der Waals surface area (Å²) in [7, 11) is 0. The number of fused-ring (bicyclic) bond motifs is 1. The van der Waals surface area contributed by atoms with Crippen LogP contribution in [0.3, 0.4) is 0 Å². The molecule has 6 heteroatoms. The maximum absolute atomic E-state index is 12.6. The summed E-state index contributed by atoms with van der Waals surface area (Å²) < 4.78 is 5.81. The van der Waals surface area contributed by atoms with Crippen molar-refractivity contribution in [1.82, 2.24) is 10.2 Å². The van der Waals surface area contributed by atoms with Gasteiger partial charge in [0.2, 0.25) is 11.8 Å². The van der Waals surface area contributed by atoms with Gasteiger partial charge in [0.1, 0.15) is 18.4 Å². The maximum Gasteiger partial charge on any atom is 0.243 e. The Kier molecular flexibility index (Phi) is 5.81. The average molecular weight is 411 g/mol. The zero-order valence-corrected chi connectivity index (χ0v) is 17.4. The van der Waals surface area contributed by atoms with Crippen LogP contribution >= 0.6 is 11.8 Å². The van der Waals surface area contributed by atoms with Crippen LogP contribution in [0.25, 0.3) is 0 Å². The summed E-state index contributed by atoms with van der Waals surface area (Å²) in [6, 6.07) is 17.7. The van der Waals surface area contributed by atoms with Gasteiger partial charge in [-0.3, -0.25) is 9.59 Å². The molecule has 0 aromatic heterocycles. The number of ether oxygens (including phenoxy) is 1. The molecule has 152 valence electrons. The summed E-state index contributed by atoms with van der Waals surface area (Å²) in [5, 5.41) is 3.01. The van der Waals surface area contributed by atoms with Gasteiger partial charge in [-0.15, -0.1) is 11.8 Å². The highest BCUT2D eigenvalue weighted by Gasteiger charge is 2.52. The summed E-state index contributed by atoms with van der Waals surface area (Å²) in [4.78, 5) is 26.4. The first kappa shape index (κ1) is 19.8. The minimum atomic E-state index is -0.339. The number of hydrogen-bond acceptors (Lipinski definition) is 4. The monoisotopic (exact) mass is 410 g/mol. The maximum atomic E-state index is 12.6. The van der Waals surface area contributed by atoms with Crippen LogP contribution in [0.1, 0.15) is 30.9 Å². The normalized spacial score (nSPS) is 23.1. The van der Waals surface area contributed by atoms with Crippen molar-refractivity contribution in [1.29, 1.82) is 0 Å². The number of rotatable bonds is 7. The highest BCUT2D eigenvalue weighted by molar-refractivity contribution is 8.01. The van der Waals surface area contributed by atoms with Crippen LogP contribution in [0, 0.1) is 0 Å². The Morgan fingerprint density at radius 2 is 1.93 bits per heavy atom. The predicted octanol–water partition coefficient (Wildman–Crippen LogP) is 3.38. The Balaban J connectivity index is 1.23. The molecule has 2 aliphatic rings. The Morgan fingerprint density at radius 1 is 1.17 bits per heavy atom. The smallest absolute Gasteiger partial charge is 0.243 e. The van der Waals surface area contributed by atoms with E-state index in [0.717, 1.165) is 29.7 Å². The van der Waals surface area contributed by atoms with Crippen LogP contribution in [0.5, 0.6) is 5.75 Å². The fraction of sp³-hybridized carbons (Fsp3) is 0.391. The Hall–Kier alpha value is -2.47. The van der Waals surface area contributed by atoms with Crippen LogP contribution < -0.4 is 10.1 Å². The van der Waals surface area contributed by atoms with Gasteiger partial charge >= 0.3 is 0 Å². The molecule has 0 bridgehead atoms. The molecule has 0 saturated carbocycles. The molecule has 29 heavy (non-hydrogen) atoms. The van der Waals surface area contributed by atoms with E-state index in [1.54, 1.807) is 16.7 Å². The Morgan fingerprint density at radius 3 is 2.69 bits per heavy atom. The van der Waals surface area contributed by atoms with Gasteiger partial charge in [-0.2, -0.15) is 0 Å². The number of nitrogens with zero attached hydrogens (tertiary/aromatic N) is 1. The molecule has 2 atom stereocenters. The number of thioether (sulfide) groups is 1. The zero-order chi connectivity index (χ0) is 20.3. The fourth-order valence-corrected chi connectivity index (χ4v) is 5.39. The van der Waals surface area contributed by atoms with Crippen molar-refractivity contribution >= 4 is 23.6 Å². The molecule has 2 saturated heterocycles. The molecule has 2 aliphatic heterocycles. The lowest BCUT2D eigenvalue weighted by molar-refractivity contribution is -0.137. The second kappa shape index (κ2) is 8.49. The van der Waals surface area contributed by atoms with Crippen LogP contribution in [0.15, 0.2) is 54.6 Å². The van der Waals surface area contributed by atoms with Gasteiger partial charge in [0.25, 0.3) is 0 Å². The molecule has 2 amide bonds. The standard InChI is InChI=1S/C23H26N2O3S/c1-23-13-11-21(26)25(23)20(16-29-23)22(27)24-14-12-17-7-9-19(10-8-17)28-15-18-5-3-2-4-6-18/h2-10,20H,11-16H2,1H3,(H,24,27)/t20-,23-/m1/s1. The minimum absolute atomic E-state index is 0.0423. The van der Waals surface area contributed by atoms with E-state index in [4.69, 9.17) is 4.74 Å². The van der Waals surface area contributed by atoms with Crippen molar-refractivity contribution in [3.05, 3.63) is 65.7 Å². The van der Waals surface area contributed by atoms with Crippen molar-refractivity contribution in [2.75, 3.05) is 12.3 Å². The van der Waals surface area contributed by atoms with E-state index in [1.807, 2.05) is 54.6 Å². The van der Waals surface area contributed by atoms with Gasteiger partial charge < -0.3 is 15.0 Å². The second-order valence-electron chi connectivity index (χ2n) is 7.72. The molecular formula is C23H26N2O3S. The largest absolute Gasteiger partial charge is 0.489 e. The summed E-state index contributed by atoms with van der Waals surface area (Å²) >= 11 is 1.72. The molecule has 0 unspecified atom stereocenters. The average Bonchev–Trinajstić information content (AvgIpc) is 3.24. The lowest BCUT2D eigenvalue weighted by Gasteiger charge is -2.29. The van der Waals surface area contributed by atoms with Crippen LogP contribution in [-0.4, -0.2) is 39.9 Å². The first-order valence-electron chi connectivity index (χ1n) is 10.0. The predicted molar refractivity (Wildman–Crippen MR) is 115 cm³/mol. The van der Waals surface area contributed by atoms with E-state index in [2.05, 4.69) is 12.2 Å². The third kappa shape index (κ3) is 4.42. The highest BCUT2D eigenvalue weighted by atomic mass is 32.2. The minimum Gasteiger partial charge on any atom is -0.489 e. The summed E-state index contributed by atoms with van der Waals surface area (Å²) in [6.07, 6.45) is 2.13. The lowest BCUT2D eigenvalue weighted by atomic mass is 10.1. The van der Waals surface area contributed by atoms with Gasteiger partial charge in [0.15, 0.2) is 0 Å². The SMILES string of the molecule is C[C@@]12CCC(=O)N1[C@@H](C(=O)NCCc1ccc(OCc3ccccc3)cc1)CS2. The summed E-state index contributed by atoms with van der Waals surface area (Å²) in [5.41, 5.74) is 2.28. The molecule has 0 aliphatic carbocycles. The van der Waals surface area contributed by atoms with Crippen molar-refractivity contribution < 1.29 is 14.3 Å². The zero-order valence-electron chi connectivity index (χ0n) is 16.6. The third-order valence-electron chi connectivity index (χ3n) is 5.63. The number of nitrogens with one attached hydrogen (secondary N) is 1. The molecule has 2 heterocycles. The third-order valence-corrected chi connectivity index (χ3v) is 7.14. The van der Waals surface area contributed by atoms with Crippen LogP contribution in [-0.2, 0) is 22.6 Å². The van der Waals surface area contributed by atoms with Gasteiger partial charge in [0, 0.05) is 18.7 Å². The Labute approximate surface area is 175 Å². The van der Waals surface area contributed by atoms with E-state index >= 15 is 0 Å². The molecule has 1 N–H and O–H groups in total. The molecule has 2 aromatic rings. The molecule has 4 rings (SSSR count). The van der Waals surface area contributed by atoms with E-state index in [1.165, 1.54) is 0 Å². The first-order chi connectivity index (χ1) is 14.0. The van der Waals surface area contributed by atoms with E-state index < -0.39 is 0 Å². The summed E-state index contributed by atoms with van der Waals surface area (Å²) in [5.74, 6) is 1.57. The second-order valence-corrected chi connectivity index (χ2v) is 9.23. The topological polar surface area (TPSA) is 58.6 Å². The molecule has 0 radical (unpaired) electrons. The van der Waals surface area contributed by atoms with E-state index in [-0.39, 0.29) is 22.7 Å². The van der Waals surface area contributed by atoms with Crippen molar-refractivity contribution in [3.8, 4) is 5.75 Å². The number of amides is 2. The number of benzene rings is 2. The Bertz CT molecular complexity index is 871. The fourth-order valence-electron chi connectivity index (χ4n) is 3.96. The van der Waals surface area contributed by atoms with Crippen LogP contribution in [0.4, 0.5) is 0 Å². The molecule has 2 fully saturated rings. The van der Waals surface area contributed by atoms with Gasteiger partial charge in [-0.05, 0) is 43.0 Å². The molecule has 0 spiro atoms. The summed E-state index contributed by atoms with van der Waals surface area (Å²) in [6.45, 7) is 3.17. The van der Waals surface area contributed by atoms with Gasteiger partial charge in [0.05, 0.1) is 4.87 Å². The lowest BCUT2D eigenvalue weighted by Crippen LogP contribution is -2.50. The van der Waals surface area contributed by atoms with Crippen molar-refractivity contribution in [2.24, 2.45) is 0 Å². The number of carbonyl (C=O) groups excluding carboxylic acids is 2. The first-order valence-corrected chi connectivity index (χ1v) is 11.0. The number of carbonyl (C=O) groups is 2. The van der Waals surface area contributed by atoms with Crippen molar-refractivity contribution in [3.63, 3.8) is 0 Å². The molecular weight excluding hydrogens is 384 g/mol. The van der Waals surface area contributed by atoms with Crippen LogP contribution in [0.2, 0.25) is 0 Å².